The predicted molar refractivity (Wildman–Crippen MR) is 84.9 cm³/mol. The minimum atomic E-state index is -1.33. The van der Waals surface area contributed by atoms with Crippen LogP contribution in [0.4, 0.5) is 5.82 Å². The van der Waals surface area contributed by atoms with Crippen LogP contribution in [-0.2, 0) is 4.79 Å². The van der Waals surface area contributed by atoms with Gasteiger partial charge in [-0.2, -0.15) is 0 Å². The first-order chi connectivity index (χ1) is 10.5. The van der Waals surface area contributed by atoms with E-state index in [1.54, 1.807) is 11.6 Å². The molecule has 1 amide bonds. The number of hydrogen-bond donors (Lipinski definition) is 2. The molecular weight excluding hydrogens is 278 g/mol. The molecule has 2 N–H and O–H groups in total. The number of aliphatic hydroxyl groups is 1. The third-order valence-electron chi connectivity index (χ3n) is 4.51. The van der Waals surface area contributed by atoms with Gasteiger partial charge in [-0.25, -0.2) is 4.68 Å². The molecule has 1 aliphatic carbocycles. The fraction of sp³-hybridized carbons (Fsp3) is 0.412. The first-order valence-electron chi connectivity index (χ1n) is 7.64. The molecule has 1 saturated carbocycles. The molecule has 2 aromatic rings. The Bertz CT molecular complexity index is 672. The van der Waals surface area contributed by atoms with E-state index in [1.807, 2.05) is 43.5 Å². The summed E-state index contributed by atoms with van der Waals surface area (Å²) in [5.74, 6) is 0.163. The molecule has 0 spiro atoms. The van der Waals surface area contributed by atoms with Crippen molar-refractivity contribution in [3.63, 3.8) is 0 Å². The van der Waals surface area contributed by atoms with Gasteiger partial charge in [0.25, 0.3) is 5.91 Å². The van der Waals surface area contributed by atoms with E-state index in [4.69, 9.17) is 0 Å². The van der Waals surface area contributed by atoms with E-state index in [-0.39, 0.29) is 11.8 Å². The van der Waals surface area contributed by atoms with E-state index >= 15 is 0 Å². The normalized spacial score (nSPS) is 17.6. The van der Waals surface area contributed by atoms with Crippen molar-refractivity contribution < 1.29 is 9.90 Å². The molecule has 1 aromatic carbocycles. The zero-order chi connectivity index (χ0) is 15.7. The summed E-state index contributed by atoms with van der Waals surface area (Å²) in [6, 6.07) is 9.71. The van der Waals surface area contributed by atoms with Gasteiger partial charge in [-0.15, -0.1) is 5.10 Å². The molecule has 1 fully saturated rings. The molecule has 0 bridgehead atoms. The number of amides is 1. The molecule has 0 radical (unpaired) electrons. The second-order valence-corrected chi connectivity index (χ2v) is 6.17. The molecule has 1 aromatic heterocycles. The van der Waals surface area contributed by atoms with E-state index in [9.17, 15) is 9.90 Å². The number of anilines is 1. The smallest absolute Gasteiger partial charge is 0.257 e. The SMILES string of the molecule is Cc1cn(-c2ccccc2)nc1NC(=O)C(C)(O)C1CCC1. The minimum Gasteiger partial charge on any atom is -0.380 e. The van der Waals surface area contributed by atoms with Crippen molar-refractivity contribution in [2.75, 3.05) is 5.32 Å². The van der Waals surface area contributed by atoms with Gasteiger partial charge >= 0.3 is 0 Å². The minimum absolute atomic E-state index is 0.0454. The average molecular weight is 299 g/mol. The van der Waals surface area contributed by atoms with E-state index in [2.05, 4.69) is 10.4 Å². The van der Waals surface area contributed by atoms with Crippen molar-refractivity contribution in [3.8, 4) is 5.69 Å². The maximum Gasteiger partial charge on any atom is 0.257 e. The maximum absolute atomic E-state index is 12.4. The molecule has 3 rings (SSSR count). The lowest BCUT2D eigenvalue weighted by molar-refractivity contribution is -0.141. The van der Waals surface area contributed by atoms with Crippen LogP contribution in [-0.4, -0.2) is 26.4 Å². The highest BCUT2D eigenvalue weighted by Crippen LogP contribution is 2.36. The molecule has 1 aliphatic rings. The Morgan fingerprint density at radius 2 is 2.05 bits per heavy atom. The summed E-state index contributed by atoms with van der Waals surface area (Å²) in [6.07, 6.45) is 4.74. The molecule has 116 valence electrons. The van der Waals surface area contributed by atoms with E-state index < -0.39 is 5.60 Å². The molecule has 5 heteroatoms. The van der Waals surface area contributed by atoms with E-state index in [0.717, 1.165) is 30.5 Å². The molecule has 0 aliphatic heterocycles. The van der Waals surface area contributed by atoms with Crippen LogP contribution < -0.4 is 5.32 Å². The Morgan fingerprint density at radius 1 is 1.36 bits per heavy atom. The zero-order valence-electron chi connectivity index (χ0n) is 12.9. The lowest BCUT2D eigenvalue weighted by Gasteiger charge is -2.37. The van der Waals surface area contributed by atoms with Crippen LogP contribution in [0.15, 0.2) is 36.5 Å². The Balaban J connectivity index is 1.78. The van der Waals surface area contributed by atoms with Crippen LogP contribution in [0.25, 0.3) is 5.69 Å². The quantitative estimate of drug-likeness (QED) is 0.912. The Morgan fingerprint density at radius 3 is 2.64 bits per heavy atom. The maximum atomic E-state index is 12.4. The van der Waals surface area contributed by atoms with E-state index in [1.165, 1.54) is 0 Å². The standard InChI is InChI=1S/C17H21N3O2/c1-12-11-20(14-9-4-3-5-10-14)19-15(12)18-16(21)17(2,22)13-7-6-8-13/h3-5,9-11,13,22H,6-8H2,1-2H3,(H,18,19,21). The number of carbonyl (C=O) groups excluding carboxylic acids is 1. The van der Waals surface area contributed by atoms with Crippen LogP contribution in [0, 0.1) is 12.8 Å². The van der Waals surface area contributed by atoms with Gasteiger partial charge in [-0.3, -0.25) is 4.79 Å². The molecule has 1 unspecified atom stereocenters. The lowest BCUT2D eigenvalue weighted by atomic mass is 9.73. The number of hydrogen-bond acceptors (Lipinski definition) is 3. The zero-order valence-corrected chi connectivity index (χ0v) is 12.9. The Hall–Kier alpha value is -2.14. The van der Waals surface area contributed by atoms with Crippen molar-refractivity contribution >= 4 is 11.7 Å². The molecule has 1 atom stereocenters. The second-order valence-electron chi connectivity index (χ2n) is 6.17. The van der Waals surface area contributed by atoms with Gasteiger partial charge in [0.15, 0.2) is 5.82 Å². The monoisotopic (exact) mass is 299 g/mol. The van der Waals surface area contributed by atoms with Crippen LogP contribution in [0.2, 0.25) is 0 Å². The number of nitrogens with zero attached hydrogens (tertiary/aromatic N) is 2. The molecule has 22 heavy (non-hydrogen) atoms. The summed E-state index contributed by atoms with van der Waals surface area (Å²) >= 11 is 0. The van der Waals surface area contributed by atoms with Crippen molar-refractivity contribution in [1.82, 2.24) is 9.78 Å². The van der Waals surface area contributed by atoms with E-state index in [0.29, 0.717) is 5.82 Å². The van der Waals surface area contributed by atoms with Crippen molar-refractivity contribution in [3.05, 3.63) is 42.1 Å². The number of aromatic nitrogens is 2. The summed E-state index contributed by atoms with van der Waals surface area (Å²) in [6.45, 7) is 3.48. The molecule has 5 nitrogen and oxygen atoms in total. The number of aryl methyl sites for hydroxylation is 1. The number of carbonyl (C=O) groups is 1. The number of nitrogens with one attached hydrogen (secondary N) is 1. The predicted octanol–water partition coefficient (Wildman–Crippen LogP) is 2.67. The summed E-state index contributed by atoms with van der Waals surface area (Å²) in [4.78, 5) is 12.4. The largest absolute Gasteiger partial charge is 0.380 e. The van der Waals surface area contributed by atoms with Gasteiger partial charge in [0.05, 0.1) is 5.69 Å². The summed E-state index contributed by atoms with van der Waals surface area (Å²) in [5.41, 5.74) is 0.458. The second kappa shape index (κ2) is 5.57. The first kappa shape index (κ1) is 14.8. The fourth-order valence-corrected chi connectivity index (χ4v) is 2.69. The Kier molecular flexibility index (Phi) is 3.74. The average Bonchev–Trinajstić information content (AvgIpc) is 2.79. The van der Waals surface area contributed by atoms with Crippen molar-refractivity contribution in [2.24, 2.45) is 5.92 Å². The van der Waals surface area contributed by atoms with Crippen LogP contribution >= 0.6 is 0 Å². The lowest BCUT2D eigenvalue weighted by Crippen LogP contribution is -2.49. The van der Waals surface area contributed by atoms with Gasteiger partial charge in [0.2, 0.25) is 0 Å². The highest BCUT2D eigenvalue weighted by atomic mass is 16.3. The highest BCUT2D eigenvalue weighted by Gasteiger charge is 2.42. The van der Waals surface area contributed by atoms with Crippen LogP contribution in [0.3, 0.4) is 0 Å². The number of para-hydroxylation sites is 1. The summed E-state index contributed by atoms with van der Waals surface area (Å²) in [7, 11) is 0. The van der Waals surface area contributed by atoms with Gasteiger partial charge < -0.3 is 10.4 Å². The number of rotatable bonds is 4. The van der Waals surface area contributed by atoms with Crippen LogP contribution in [0.1, 0.15) is 31.7 Å². The summed E-state index contributed by atoms with van der Waals surface area (Å²) in [5, 5.41) is 17.6. The molecular formula is C17H21N3O2. The first-order valence-corrected chi connectivity index (χ1v) is 7.64. The van der Waals surface area contributed by atoms with Gasteiger partial charge in [0, 0.05) is 11.8 Å². The topological polar surface area (TPSA) is 67.2 Å². The summed E-state index contributed by atoms with van der Waals surface area (Å²) < 4.78 is 1.73. The third kappa shape index (κ3) is 2.64. The van der Waals surface area contributed by atoms with Crippen molar-refractivity contribution in [2.45, 2.75) is 38.7 Å². The van der Waals surface area contributed by atoms with Gasteiger partial charge in [-0.1, -0.05) is 24.6 Å². The fourth-order valence-electron chi connectivity index (χ4n) is 2.69. The third-order valence-corrected chi connectivity index (χ3v) is 4.51. The molecule has 1 heterocycles. The van der Waals surface area contributed by atoms with Crippen molar-refractivity contribution in [1.29, 1.82) is 0 Å². The Labute approximate surface area is 130 Å². The number of benzene rings is 1. The van der Waals surface area contributed by atoms with Crippen LogP contribution in [0.5, 0.6) is 0 Å². The highest BCUT2D eigenvalue weighted by molar-refractivity contribution is 5.96. The molecule has 0 saturated heterocycles. The van der Waals surface area contributed by atoms with Gasteiger partial charge in [0.1, 0.15) is 5.60 Å². The van der Waals surface area contributed by atoms with Gasteiger partial charge in [-0.05, 0) is 44.7 Å².